The SMILES string of the molecule is COC(CC(F)(F)C(F)(F)C(F)(F)C(F)(F)C(F)(F)C(F)(F)F)c1cccc(C)c1. The van der Waals surface area contributed by atoms with Crippen molar-refractivity contribution in [3.8, 4) is 0 Å². The van der Waals surface area contributed by atoms with Gasteiger partial charge in [-0.1, -0.05) is 29.8 Å². The fourth-order valence-corrected chi connectivity index (χ4v) is 2.37. The Labute approximate surface area is 160 Å². The highest BCUT2D eigenvalue weighted by Crippen LogP contribution is 2.61. The van der Waals surface area contributed by atoms with Crippen LogP contribution in [0.15, 0.2) is 24.3 Å². The van der Waals surface area contributed by atoms with Crippen LogP contribution >= 0.6 is 0 Å². The van der Waals surface area contributed by atoms with E-state index in [0.717, 1.165) is 12.1 Å². The molecule has 0 heterocycles. The Hall–Kier alpha value is -1.73. The molecular formula is C16H13F13O. The Morgan fingerprint density at radius 3 is 1.60 bits per heavy atom. The quantitative estimate of drug-likeness (QED) is 0.381. The minimum absolute atomic E-state index is 0.288. The lowest BCUT2D eigenvalue weighted by Gasteiger charge is -2.40. The summed E-state index contributed by atoms with van der Waals surface area (Å²) in [6.45, 7) is 1.41. The normalized spacial score (nSPS) is 16.0. The molecule has 0 N–H and O–H groups in total. The van der Waals surface area contributed by atoms with Gasteiger partial charge >= 0.3 is 35.8 Å². The van der Waals surface area contributed by atoms with E-state index in [4.69, 9.17) is 0 Å². The molecule has 174 valence electrons. The number of rotatable bonds is 8. The molecule has 1 atom stereocenters. The van der Waals surface area contributed by atoms with E-state index in [1.807, 2.05) is 0 Å². The Morgan fingerprint density at radius 2 is 1.20 bits per heavy atom. The van der Waals surface area contributed by atoms with E-state index in [1.54, 1.807) is 0 Å². The number of halogens is 13. The lowest BCUT2D eigenvalue weighted by atomic mass is 9.90. The molecule has 0 fully saturated rings. The fraction of sp³-hybridized carbons (Fsp3) is 0.625. The van der Waals surface area contributed by atoms with Gasteiger partial charge in [-0.05, 0) is 12.5 Å². The van der Waals surface area contributed by atoms with Crippen molar-refractivity contribution < 1.29 is 61.8 Å². The molecule has 0 saturated carbocycles. The largest absolute Gasteiger partial charge is 0.460 e. The van der Waals surface area contributed by atoms with E-state index < -0.39 is 48.3 Å². The number of alkyl halides is 13. The summed E-state index contributed by atoms with van der Waals surface area (Å²) in [5.41, 5.74) is 0.0787. The van der Waals surface area contributed by atoms with Crippen LogP contribution in [0.4, 0.5) is 57.1 Å². The monoisotopic (exact) mass is 468 g/mol. The van der Waals surface area contributed by atoms with Crippen molar-refractivity contribution in [1.82, 2.24) is 0 Å². The fourth-order valence-electron chi connectivity index (χ4n) is 2.37. The van der Waals surface area contributed by atoms with Gasteiger partial charge in [-0.3, -0.25) is 0 Å². The predicted octanol–water partition coefficient (Wildman–Crippen LogP) is 6.81. The van der Waals surface area contributed by atoms with Crippen molar-refractivity contribution in [1.29, 1.82) is 0 Å². The molecule has 0 amide bonds. The summed E-state index contributed by atoms with van der Waals surface area (Å²) in [6, 6.07) is 4.75. The number of aryl methyl sites for hydroxylation is 1. The van der Waals surface area contributed by atoms with Crippen LogP contribution in [0.3, 0.4) is 0 Å². The lowest BCUT2D eigenvalue weighted by molar-refractivity contribution is -0.440. The van der Waals surface area contributed by atoms with Crippen LogP contribution in [-0.2, 0) is 4.74 Å². The maximum Gasteiger partial charge on any atom is 0.460 e. The van der Waals surface area contributed by atoms with E-state index in [-0.39, 0.29) is 5.56 Å². The van der Waals surface area contributed by atoms with Crippen molar-refractivity contribution >= 4 is 0 Å². The Morgan fingerprint density at radius 1 is 0.733 bits per heavy atom. The van der Waals surface area contributed by atoms with Gasteiger partial charge in [-0.25, -0.2) is 0 Å². The lowest BCUT2D eigenvalue weighted by Crippen LogP contribution is -2.70. The van der Waals surface area contributed by atoms with Gasteiger partial charge in [-0.2, -0.15) is 57.1 Å². The van der Waals surface area contributed by atoms with E-state index in [2.05, 4.69) is 4.74 Å². The zero-order valence-corrected chi connectivity index (χ0v) is 14.9. The van der Waals surface area contributed by atoms with E-state index in [9.17, 15) is 57.1 Å². The van der Waals surface area contributed by atoms with Crippen LogP contribution in [0, 0.1) is 6.92 Å². The van der Waals surface area contributed by atoms with Crippen LogP contribution in [-0.4, -0.2) is 42.9 Å². The van der Waals surface area contributed by atoms with E-state index >= 15 is 0 Å². The second-order valence-corrected chi connectivity index (χ2v) is 6.34. The van der Waals surface area contributed by atoms with Gasteiger partial charge < -0.3 is 4.74 Å². The summed E-state index contributed by atoms with van der Waals surface area (Å²) < 4.78 is 175. The molecule has 1 aromatic rings. The molecule has 1 aromatic carbocycles. The second-order valence-electron chi connectivity index (χ2n) is 6.34. The van der Waals surface area contributed by atoms with E-state index in [1.165, 1.54) is 19.1 Å². The van der Waals surface area contributed by atoms with Crippen molar-refractivity contribution in [2.45, 2.75) is 55.2 Å². The smallest absolute Gasteiger partial charge is 0.377 e. The molecule has 1 nitrogen and oxygen atoms in total. The second kappa shape index (κ2) is 7.75. The third kappa shape index (κ3) is 4.06. The summed E-state index contributed by atoms with van der Waals surface area (Å²) in [6.07, 6.45) is -12.0. The summed E-state index contributed by atoms with van der Waals surface area (Å²) in [5.74, 6) is -36.9. The minimum atomic E-state index is -7.91. The first-order valence-corrected chi connectivity index (χ1v) is 7.72. The number of ether oxygens (including phenoxy) is 1. The molecule has 0 aliphatic heterocycles. The van der Waals surface area contributed by atoms with Crippen LogP contribution in [0.5, 0.6) is 0 Å². The molecule has 0 radical (unpaired) electrons. The highest BCUT2D eigenvalue weighted by molar-refractivity contribution is 5.25. The molecule has 30 heavy (non-hydrogen) atoms. The average molecular weight is 468 g/mol. The van der Waals surface area contributed by atoms with Gasteiger partial charge in [0, 0.05) is 13.5 Å². The maximum atomic E-state index is 14.0. The first kappa shape index (κ1) is 26.3. The van der Waals surface area contributed by atoms with Gasteiger partial charge in [0.1, 0.15) is 0 Å². The number of hydrogen-bond acceptors (Lipinski definition) is 1. The molecule has 1 rings (SSSR count). The minimum Gasteiger partial charge on any atom is -0.377 e. The highest BCUT2D eigenvalue weighted by atomic mass is 19.4. The van der Waals surface area contributed by atoms with Crippen molar-refractivity contribution in [2.24, 2.45) is 0 Å². The molecule has 0 saturated heterocycles. The zero-order chi connectivity index (χ0) is 24.0. The maximum absolute atomic E-state index is 14.0. The first-order valence-electron chi connectivity index (χ1n) is 7.72. The van der Waals surface area contributed by atoms with Crippen molar-refractivity contribution in [2.75, 3.05) is 7.11 Å². The van der Waals surface area contributed by atoms with Gasteiger partial charge in [0.25, 0.3) is 0 Å². The average Bonchev–Trinajstić information content (AvgIpc) is 2.57. The molecule has 0 aromatic heterocycles. The van der Waals surface area contributed by atoms with Crippen molar-refractivity contribution in [3.63, 3.8) is 0 Å². The third-order valence-corrected chi connectivity index (χ3v) is 4.14. The Bertz CT molecular complexity index is 739. The first-order chi connectivity index (χ1) is 13.2. The van der Waals surface area contributed by atoms with Gasteiger partial charge in [-0.15, -0.1) is 0 Å². The molecule has 0 bridgehead atoms. The summed E-state index contributed by atoms with van der Waals surface area (Å²) in [4.78, 5) is 0. The molecule has 0 spiro atoms. The van der Waals surface area contributed by atoms with Crippen LogP contribution in [0.1, 0.15) is 23.7 Å². The number of methoxy groups -OCH3 is 1. The highest BCUT2D eigenvalue weighted by Gasteiger charge is 2.90. The molecule has 14 heteroatoms. The molecule has 1 unspecified atom stereocenters. The van der Waals surface area contributed by atoms with Crippen LogP contribution in [0.25, 0.3) is 0 Å². The van der Waals surface area contributed by atoms with Gasteiger partial charge in [0.2, 0.25) is 0 Å². The summed E-state index contributed by atoms with van der Waals surface area (Å²) >= 11 is 0. The number of hydrogen-bond donors (Lipinski definition) is 0. The molecule has 0 aliphatic rings. The standard InChI is InChI=1S/C16H13F13O/c1-8-4-3-5-9(6-8)10(30-2)7-11(17,18)12(19,20)13(21,22)14(23,24)15(25,26)16(27,28)29/h3-6,10H,7H2,1-2H3. The zero-order valence-electron chi connectivity index (χ0n) is 14.9. The predicted molar refractivity (Wildman–Crippen MR) is 76.3 cm³/mol. The van der Waals surface area contributed by atoms with Gasteiger partial charge in [0.05, 0.1) is 6.10 Å². The summed E-state index contributed by atoms with van der Waals surface area (Å²) in [5, 5.41) is 0. The third-order valence-electron chi connectivity index (χ3n) is 4.14. The summed E-state index contributed by atoms with van der Waals surface area (Å²) in [7, 11) is 0.672. The Kier molecular flexibility index (Phi) is 6.80. The molecular weight excluding hydrogens is 455 g/mol. The molecule has 0 aliphatic carbocycles. The van der Waals surface area contributed by atoms with Crippen LogP contribution in [0.2, 0.25) is 0 Å². The van der Waals surface area contributed by atoms with Gasteiger partial charge in [0.15, 0.2) is 0 Å². The Balaban J connectivity index is 3.41. The number of benzene rings is 1. The van der Waals surface area contributed by atoms with Crippen molar-refractivity contribution in [3.05, 3.63) is 35.4 Å². The van der Waals surface area contributed by atoms with E-state index in [0.29, 0.717) is 12.7 Å². The van der Waals surface area contributed by atoms with Crippen LogP contribution < -0.4 is 0 Å². The topological polar surface area (TPSA) is 9.23 Å².